The van der Waals surface area contributed by atoms with Gasteiger partial charge in [-0.3, -0.25) is 4.98 Å². The van der Waals surface area contributed by atoms with Crippen LogP contribution in [0, 0.1) is 0 Å². The van der Waals surface area contributed by atoms with E-state index in [4.69, 9.17) is 0 Å². The summed E-state index contributed by atoms with van der Waals surface area (Å²) in [5.41, 5.74) is 5.70. The van der Waals surface area contributed by atoms with Crippen LogP contribution in [0.15, 0.2) is 36.2 Å². The Bertz CT molecular complexity index is 560. The topological polar surface area (TPSA) is 28.2 Å². The van der Waals surface area contributed by atoms with Gasteiger partial charge in [0.2, 0.25) is 0 Å². The number of rotatable bonds is 3. The van der Waals surface area contributed by atoms with Crippen LogP contribution < -0.4 is 10.2 Å². The van der Waals surface area contributed by atoms with Crippen LogP contribution in [-0.4, -0.2) is 30.7 Å². The second kappa shape index (κ2) is 6.44. The molecule has 0 amide bonds. The average molecular weight is 283 g/mol. The van der Waals surface area contributed by atoms with Gasteiger partial charge in [-0.2, -0.15) is 0 Å². The van der Waals surface area contributed by atoms with E-state index >= 15 is 0 Å². The fraction of sp³-hybridized carbons (Fsp3) is 0.500. The highest BCUT2D eigenvalue weighted by atomic mass is 15.2. The minimum Gasteiger partial charge on any atom is -0.365 e. The number of aromatic nitrogens is 1. The van der Waals surface area contributed by atoms with Crippen molar-refractivity contribution >= 4 is 5.69 Å². The average Bonchev–Trinajstić information content (AvgIpc) is 2.53. The third-order valence-corrected chi connectivity index (χ3v) is 4.55. The minimum absolute atomic E-state index is 0.656. The van der Waals surface area contributed by atoms with Crippen LogP contribution in [0.4, 0.5) is 5.69 Å². The van der Waals surface area contributed by atoms with Crippen molar-refractivity contribution in [3.05, 3.63) is 47.3 Å². The maximum Gasteiger partial charge on any atom is 0.0591 e. The van der Waals surface area contributed by atoms with E-state index in [0.717, 1.165) is 26.1 Å². The van der Waals surface area contributed by atoms with Crippen molar-refractivity contribution in [3.63, 3.8) is 0 Å². The highest BCUT2D eigenvalue weighted by molar-refractivity contribution is 5.58. The summed E-state index contributed by atoms with van der Waals surface area (Å²) < 4.78 is 0. The Hall–Kier alpha value is -1.61. The summed E-state index contributed by atoms with van der Waals surface area (Å²) in [5, 5.41) is 3.51. The predicted octanol–water partition coefficient (Wildman–Crippen LogP) is 2.87. The van der Waals surface area contributed by atoms with Crippen molar-refractivity contribution in [1.29, 1.82) is 0 Å². The molecule has 3 rings (SSSR count). The lowest BCUT2D eigenvalue weighted by Gasteiger charge is -2.42. The predicted molar refractivity (Wildman–Crippen MR) is 88.8 cm³/mol. The number of anilines is 1. The number of nitrogens with zero attached hydrogens (tertiary/aromatic N) is 2. The number of piperazine rings is 1. The van der Waals surface area contributed by atoms with E-state index < -0.39 is 0 Å². The molecule has 3 heteroatoms. The molecule has 1 N–H and O–H groups in total. The summed E-state index contributed by atoms with van der Waals surface area (Å²) in [4.78, 5) is 7.08. The third kappa shape index (κ3) is 3.03. The number of hydrogen-bond donors (Lipinski definition) is 1. The fourth-order valence-corrected chi connectivity index (χ4v) is 3.47. The lowest BCUT2D eigenvalue weighted by molar-refractivity contribution is 0.438. The Balaban J connectivity index is 1.87. The molecule has 1 aromatic heterocycles. The molecular weight excluding hydrogens is 258 g/mol. The van der Waals surface area contributed by atoms with Gasteiger partial charge in [0.1, 0.15) is 0 Å². The second-order valence-corrected chi connectivity index (χ2v) is 6.10. The number of allylic oxidation sites excluding steroid dienone is 4. The summed E-state index contributed by atoms with van der Waals surface area (Å²) >= 11 is 0. The van der Waals surface area contributed by atoms with E-state index in [1.54, 1.807) is 0 Å². The van der Waals surface area contributed by atoms with Gasteiger partial charge in [0.15, 0.2) is 0 Å². The van der Waals surface area contributed by atoms with Crippen molar-refractivity contribution in [1.82, 2.24) is 10.3 Å². The molecule has 1 atom stereocenters. The molecule has 0 aliphatic carbocycles. The zero-order chi connectivity index (χ0) is 14.7. The first-order chi connectivity index (χ1) is 10.3. The lowest BCUT2D eigenvalue weighted by Crippen LogP contribution is -2.53. The number of hydrogen-bond acceptors (Lipinski definition) is 3. The van der Waals surface area contributed by atoms with Crippen LogP contribution >= 0.6 is 0 Å². The fourth-order valence-electron chi connectivity index (χ4n) is 3.47. The highest BCUT2D eigenvalue weighted by Crippen LogP contribution is 2.33. The SMILES string of the molecule is C/C=C\C=C(/C)Cc1cncc2c1CC[C@@H]1CNCCN21. The third-order valence-electron chi connectivity index (χ3n) is 4.55. The quantitative estimate of drug-likeness (QED) is 0.865. The Morgan fingerprint density at radius 3 is 3.24 bits per heavy atom. The van der Waals surface area contributed by atoms with Gasteiger partial charge in [-0.1, -0.05) is 23.8 Å². The molecule has 3 heterocycles. The van der Waals surface area contributed by atoms with E-state index in [2.05, 4.69) is 59.7 Å². The zero-order valence-electron chi connectivity index (χ0n) is 13.1. The van der Waals surface area contributed by atoms with Gasteiger partial charge in [-0.25, -0.2) is 0 Å². The minimum atomic E-state index is 0.656. The van der Waals surface area contributed by atoms with Gasteiger partial charge in [0.25, 0.3) is 0 Å². The Kier molecular flexibility index (Phi) is 4.39. The second-order valence-electron chi connectivity index (χ2n) is 6.10. The number of nitrogens with one attached hydrogen (secondary N) is 1. The summed E-state index contributed by atoms with van der Waals surface area (Å²) in [7, 11) is 0. The standard InChI is InChI=1S/C18H25N3/c1-3-4-5-14(2)10-15-11-20-13-18-17(15)7-6-16-12-19-8-9-21(16)18/h3-5,11,13,16,19H,6-10,12H2,1-2H3/b4-3-,14-5+/t16-/m1/s1. The smallest absolute Gasteiger partial charge is 0.0591 e. The Morgan fingerprint density at radius 1 is 1.48 bits per heavy atom. The maximum atomic E-state index is 4.52. The zero-order valence-corrected chi connectivity index (χ0v) is 13.1. The van der Waals surface area contributed by atoms with Crippen molar-refractivity contribution in [2.45, 2.75) is 39.2 Å². The van der Waals surface area contributed by atoms with E-state index in [-0.39, 0.29) is 0 Å². The van der Waals surface area contributed by atoms with Crippen LogP contribution in [0.3, 0.4) is 0 Å². The molecular formula is C18H25N3. The Morgan fingerprint density at radius 2 is 2.38 bits per heavy atom. The molecule has 21 heavy (non-hydrogen) atoms. The lowest BCUT2D eigenvalue weighted by atomic mass is 9.90. The first-order valence-electron chi connectivity index (χ1n) is 8.01. The molecule has 1 aromatic rings. The summed E-state index contributed by atoms with van der Waals surface area (Å²) in [6.07, 6.45) is 14.0. The molecule has 112 valence electrons. The number of pyridine rings is 1. The van der Waals surface area contributed by atoms with Crippen LogP contribution in [0.1, 0.15) is 31.4 Å². The van der Waals surface area contributed by atoms with Crippen LogP contribution in [0.25, 0.3) is 0 Å². The first-order valence-corrected chi connectivity index (χ1v) is 8.01. The van der Waals surface area contributed by atoms with Crippen LogP contribution in [0.2, 0.25) is 0 Å². The van der Waals surface area contributed by atoms with Crippen molar-refractivity contribution < 1.29 is 0 Å². The number of fused-ring (bicyclic) bond motifs is 3. The summed E-state index contributed by atoms with van der Waals surface area (Å²) in [5.74, 6) is 0. The molecule has 1 fully saturated rings. The highest BCUT2D eigenvalue weighted by Gasteiger charge is 2.29. The summed E-state index contributed by atoms with van der Waals surface area (Å²) in [6.45, 7) is 7.57. The van der Waals surface area contributed by atoms with Crippen molar-refractivity contribution in [2.75, 3.05) is 24.5 Å². The molecule has 1 saturated heterocycles. The van der Waals surface area contributed by atoms with E-state index in [1.165, 1.54) is 35.2 Å². The molecule has 2 aliphatic heterocycles. The molecule has 3 nitrogen and oxygen atoms in total. The van der Waals surface area contributed by atoms with Crippen molar-refractivity contribution in [2.24, 2.45) is 0 Å². The van der Waals surface area contributed by atoms with Crippen LogP contribution in [-0.2, 0) is 12.8 Å². The molecule has 0 unspecified atom stereocenters. The van der Waals surface area contributed by atoms with Gasteiger partial charge < -0.3 is 10.2 Å². The van der Waals surface area contributed by atoms with E-state index in [1.807, 2.05) is 0 Å². The molecule has 0 bridgehead atoms. The summed E-state index contributed by atoms with van der Waals surface area (Å²) in [6, 6.07) is 0.656. The maximum absolute atomic E-state index is 4.52. The van der Waals surface area contributed by atoms with Gasteiger partial charge in [-0.15, -0.1) is 0 Å². The Labute approximate surface area is 127 Å². The normalized spacial score (nSPS) is 22.3. The van der Waals surface area contributed by atoms with Gasteiger partial charge in [0.05, 0.1) is 11.9 Å². The largest absolute Gasteiger partial charge is 0.365 e. The molecule has 0 saturated carbocycles. The van der Waals surface area contributed by atoms with Crippen LogP contribution in [0.5, 0.6) is 0 Å². The van der Waals surface area contributed by atoms with Gasteiger partial charge in [0, 0.05) is 31.9 Å². The van der Waals surface area contributed by atoms with Gasteiger partial charge in [-0.05, 0) is 44.2 Å². The van der Waals surface area contributed by atoms with E-state index in [0.29, 0.717) is 6.04 Å². The molecule has 2 aliphatic rings. The molecule has 0 spiro atoms. The monoisotopic (exact) mass is 283 g/mol. The molecule has 0 aromatic carbocycles. The van der Waals surface area contributed by atoms with Gasteiger partial charge >= 0.3 is 0 Å². The van der Waals surface area contributed by atoms with Crippen molar-refractivity contribution in [3.8, 4) is 0 Å². The van der Waals surface area contributed by atoms with E-state index in [9.17, 15) is 0 Å². The molecule has 0 radical (unpaired) electrons. The first kappa shape index (κ1) is 14.3.